The van der Waals surface area contributed by atoms with Gasteiger partial charge in [-0.05, 0) is 37.6 Å². The van der Waals surface area contributed by atoms with Crippen molar-refractivity contribution in [3.63, 3.8) is 0 Å². The third-order valence-electron chi connectivity index (χ3n) is 3.23. The number of nitrogens with one attached hydrogen (secondary N) is 1. The van der Waals surface area contributed by atoms with Crippen molar-refractivity contribution in [2.45, 2.75) is 18.9 Å². The van der Waals surface area contributed by atoms with Gasteiger partial charge in [-0.3, -0.25) is 0 Å². The van der Waals surface area contributed by atoms with Crippen LogP contribution in [-0.4, -0.2) is 18.8 Å². The van der Waals surface area contributed by atoms with Crippen LogP contribution in [0.2, 0.25) is 5.02 Å². The van der Waals surface area contributed by atoms with Gasteiger partial charge in [0.05, 0.1) is 12.7 Å². The molecule has 0 bridgehead atoms. The molecule has 0 saturated carbocycles. The Bertz CT molecular complexity index is 420. The van der Waals surface area contributed by atoms with E-state index in [1.807, 2.05) is 31.2 Å². The quantitative estimate of drug-likeness (QED) is 0.897. The molecule has 1 aromatic rings. The molecule has 17 heavy (non-hydrogen) atoms. The number of rotatable bonds is 3. The van der Waals surface area contributed by atoms with Crippen LogP contribution < -0.4 is 5.32 Å². The number of halogens is 1. The second-order valence-electron chi connectivity index (χ2n) is 4.51. The second kappa shape index (κ2) is 4.95. The van der Waals surface area contributed by atoms with E-state index in [4.69, 9.17) is 16.3 Å². The van der Waals surface area contributed by atoms with Gasteiger partial charge in [-0.2, -0.15) is 5.26 Å². The van der Waals surface area contributed by atoms with E-state index in [0.717, 1.165) is 18.7 Å². The molecular formula is C13H15ClN2O. The van der Waals surface area contributed by atoms with E-state index in [1.54, 1.807) is 0 Å². The summed E-state index contributed by atoms with van der Waals surface area (Å²) in [4.78, 5) is 0. The van der Waals surface area contributed by atoms with Crippen molar-refractivity contribution in [3.05, 3.63) is 29.3 Å². The standard InChI is InChI=1S/C13H15ClN2O/c1-13(9-15,10-6-7-17-8-10)16-12-4-2-11(14)3-5-12/h2-5,10,16H,6-8H2,1H3. The lowest BCUT2D eigenvalue weighted by molar-refractivity contribution is 0.178. The zero-order chi connectivity index (χ0) is 12.3. The van der Waals surface area contributed by atoms with Crippen molar-refractivity contribution >= 4 is 17.3 Å². The topological polar surface area (TPSA) is 45.0 Å². The summed E-state index contributed by atoms with van der Waals surface area (Å²) in [5.74, 6) is 0.225. The van der Waals surface area contributed by atoms with Gasteiger partial charge in [0.2, 0.25) is 0 Å². The summed E-state index contributed by atoms with van der Waals surface area (Å²) in [6.07, 6.45) is 0.921. The van der Waals surface area contributed by atoms with Gasteiger partial charge in [0.15, 0.2) is 0 Å². The van der Waals surface area contributed by atoms with Crippen LogP contribution in [0.5, 0.6) is 0 Å². The Morgan fingerprint density at radius 3 is 2.71 bits per heavy atom. The minimum Gasteiger partial charge on any atom is -0.381 e. The zero-order valence-electron chi connectivity index (χ0n) is 9.74. The van der Waals surface area contributed by atoms with E-state index in [-0.39, 0.29) is 5.92 Å². The summed E-state index contributed by atoms with van der Waals surface area (Å²) >= 11 is 5.83. The molecule has 1 heterocycles. The molecular weight excluding hydrogens is 236 g/mol. The number of nitriles is 1. The summed E-state index contributed by atoms with van der Waals surface area (Å²) in [5, 5.41) is 13.3. The van der Waals surface area contributed by atoms with Gasteiger partial charge in [-0.15, -0.1) is 0 Å². The summed E-state index contributed by atoms with van der Waals surface area (Å²) in [7, 11) is 0. The molecule has 90 valence electrons. The van der Waals surface area contributed by atoms with Crippen molar-refractivity contribution in [1.82, 2.24) is 0 Å². The van der Waals surface area contributed by atoms with Crippen LogP contribution in [0.25, 0.3) is 0 Å². The lowest BCUT2D eigenvalue weighted by atomic mass is 9.86. The van der Waals surface area contributed by atoms with E-state index in [0.29, 0.717) is 11.6 Å². The van der Waals surface area contributed by atoms with E-state index < -0.39 is 5.54 Å². The molecule has 3 nitrogen and oxygen atoms in total. The number of hydrogen-bond acceptors (Lipinski definition) is 3. The minimum absolute atomic E-state index is 0.225. The monoisotopic (exact) mass is 250 g/mol. The highest BCUT2D eigenvalue weighted by molar-refractivity contribution is 6.30. The van der Waals surface area contributed by atoms with Crippen LogP contribution in [0.3, 0.4) is 0 Å². The first-order chi connectivity index (χ1) is 8.14. The maximum atomic E-state index is 9.37. The fourth-order valence-electron chi connectivity index (χ4n) is 2.04. The lowest BCUT2D eigenvalue weighted by Crippen LogP contribution is -2.41. The van der Waals surface area contributed by atoms with Crippen LogP contribution in [-0.2, 0) is 4.74 Å². The fraction of sp³-hybridized carbons (Fsp3) is 0.462. The highest BCUT2D eigenvalue weighted by atomic mass is 35.5. The molecule has 0 aliphatic carbocycles. The van der Waals surface area contributed by atoms with Crippen LogP contribution in [0.4, 0.5) is 5.69 Å². The molecule has 2 atom stereocenters. The van der Waals surface area contributed by atoms with Gasteiger partial charge < -0.3 is 10.1 Å². The van der Waals surface area contributed by atoms with Gasteiger partial charge in [-0.25, -0.2) is 0 Å². The number of nitrogens with zero attached hydrogens (tertiary/aromatic N) is 1. The van der Waals surface area contributed by atoms with Crippen LogP contribution in [0.1, 0.15) is 13.3 Å². The number of hydrogen-bond donors (Lipinski definition) is 1. The zero-order valence-corrected chi connectivity index (χ0v) is 10.5. The van der Waals surface area contributed by atoms with Crippen LogP contribution in [0.15, 0.2) is 24.3 Å². The maximum Gasteiger partial charge on any atom is 0.127 e. The predicted molar refractivity (Wildman–Crippen MR) is 68.0 cm³/mol. The molecule has 2 unspecified atom stereocenters. The Morgan fingerprint density at radius 2 is 2.18 bits per heavy atom. The molecule has 1 fully saturated rings. The van der Waals surface area contributed by atoms with Crippen molar-refractivity contribution in [2.24, 2.45) is 5.92 Å². The average Bonchev–Trinajstić information content (AvgIpc) is 2.86. The molecule has 1 aromatic carbocycles. The number of benzene rings is 1. The Labute approximate surface area is 106 Å². The van der Waals surface area contributed by atoms with Gasteiger partial charge >= 0.3 is 0 Å². The first kappa shape index (κ1) is 12.2. The summed E-state index contributed by atoms with van der Waals surface area (Å²) < 4.78 is 5.35. The van der Waals surface area contributed by atoms with Crippen LogP contribution in [0, 0.1) is 17.2 Å². The smallest absolute Gasteiger partial charge is 0.127 e. The first-order valence-corrected chi connectivity index (χ1v) is 6.04. The second-order valence-corrected chi connectivity index (χ2v) is 4.94. The molecule has 0 spiro atoms. The highest BCUT2D eigenvalue weighted by Crippen LogP contribution is 2.29. The first-order valence-electron chi connectivity index (χ1n) is 5.67. The molecule has 2 rings (SSSR count). The molecule has 1 aliphatic heterocycles. The summed E-state index contributed by atoms with van der Waals surface area (Å²) in [5.41, 5.74) is 0.315. The van der Waals surface area contributed by atoms with Crippen molar-refractivity contribution in [1.29, 1.82) is 5.26 Å². The van der Waals surface area contributed by atoms with E-state index >= 15 is 0 Å². The molecule has 4 heteroatoms. The normalized spacial score (nSPS) is 22.8. The number of ether oxygens (including phenoxy) is 1. The average molecular weight is 251 g/mol. The third kappa shape index (κ3) is 2.71. The Hall–Kier alpha value is -1.24. The van der Waals surface area contributed by atoms with Gasteiger partial charge in [0.1, 0.15) is 5.54 Å². The van der Waals surface area contributed by atoms with Crippen LogP contribution >= 0.6 is 11.6 Å². The maximum absolute atomic E-state index is 9.37. The molecule has 0 radical (unpaired) electrons. The van der Waals surface area contributed by atoms with E-state index in [1.165, 1.54) is 0 Å². The molecule has 0 aromatic heterocycles. The van der Waals surface area contributed by atoms with Gasteiger partial charge in [-0.1, -0.05) is 11.6 Å². The number of anilines is 1. The summed E-state index contributed by atoms with van der Waals surface area (Å²) in [6.45, 7) is 3.30. The SMILES string of the molecule is CC(C#N)(Nc1ccc(Cl)cc1)C1CCOC1. The van der Waals surface area contributed by atoms with E-state index in [2.05, 4.69) is 11.4 Å². The third-order valence-corrected chi connectivity index (χ3v) is 3.48. The minimum atomic E-state index is -0.593. The highest BCUT2D eigenvalue weighted by Gasteiger charge is 2.36. The fourth-order valence-corrected chi connectivity index (χ4v) is 2.17. The van der Waals surface area contributed by atoms with Crippen molar-refractivity contribution in [3.8, 4) is 6.07 Å². The predicted octanol–water partition coefficient (Wildman–Crippen LogP) is 3.07. The van der Waals surface area contributed by atoms with Crippen molar-refractivity contribution in [2.75, 3.05) is 18.5 Å². The largest absolute Gasteiger partial charge is 0.381 e. The Kier molecular flexibility index (Phi) is 3.56. The van der Waals surface area contributed by atoms with Gasteiger partial charge in [0.25, 0.3) is 0 Å². The summed E-state index contributed by atoms with van der Waals surface area (Å²) in [6, 6.07) is 9.75. The van der Waals surface area contributed by atoms with Gasteiger partial charge in [0, 0.05) is 23.2 Å². The Morgan fingerprint density at radius 1 is 1.47 bits per heavy atom. The molecule has 1 saturated heterocycles. The molecule has 1 N–H and O–H groups in total. The van der Waals surface area contributed by atoms with E-state index in [9.17, 15) is 5.26 Å². The molecule has 1 aliphatic rings. The van der Waals surface area contributed by atoms with Crippen molar-refractivity contribution < 1.29 is 4.74 Å². The Balaban J connectivity index is 2.14. The lowest BCUT2D eigenvalue weighted by Gasteiger charge is -2.29. The molecule has 0 amide bonds.